The Balaban J connectivity index is 1.27. The van der Waals surface area contributed by atoms with Crippen LogP contribution in [0.1, 0.15) is 18.5 Å². The van der Waals surface area contributed by atoms with Gasteiger partial charge in [0, 0.05) is 50.0 Å². The molecular weight excluding hydrogens is 404 g/mol. The standard InChI is InChI=1S/C21H22N4O4S/c26-17-6-7-18(27)25(17)13-20(29)24-10-8-23(9-11-24)19(28)12-16-14-30-21(22-16)15-4-2-1-3-5-15/h1-5,14H,6-13H2. The van der Waals surface area contributed by atoms with E-state index in [-0.39, 0.29) is 49.4 Å². The molecule has 2 aromatic rings. The van der Waals surface area contributed by atoms with Gasteiger partial charge in [-0.2, -0.15) is 0 Å². The Morgan fingerprint density at radius 3 is 2.13 bits per heavy atom. The zero-order chi connectivity index (χ0) is 21.1. The highest BCUT2D eigenvalue weighted by molar-refractivity contribution is 7.13. The Morgan fingerprint density at radius 2 is 1.50 bits per heavy atom. The maximum atomic E-state index is 12.6. The van der Waals surface area contributed by atoms with Gasteiger partial charge >= 0.3 is 0 Å². The van der Waals surface area contributed by atoms with Crippen LogP contribution in [0.25, 0.3) is 10.6 Å². The van der Waals surface area contributed by atoms with Crippen LogP contribution in [0.3, 0.4) is 0 Å². The molecule has 0 radical (unpaired) electrons. The fraction of sp³-hybridized carbons (Fsp3) is 0.381. The van der Waals surface area contributed by atoms with E-state index in [0.717, 1.165) is 21.2 Å². The van der Waals surface area contributed by atoms with E-state index in [9.17, 15) is 19.2 Å². The molecule has 156 valence electrons. The van der Waals surface area contributed by atoms with Gasteiger partial charge in [0.2, 0.25) is 23.6 Å². The highest BCUT2D eigenvalue weighted by atomic mass is 32.1. The molecule has 30 heavy (non-hydrogen) atoms. The van der Waals surface area contributed by atoms with Gasteiger partial charge in [0.25, 0.3) is 0 Å². The molecule has 0 atom stereocenters. The number of imide groups is 1. The van der Waals surface area contributed by atoms with E-state index in [4.69, 9.17) is 0 Å². The highest BCUT2D eigenvalue weighted by Crippen LogP contribution is 2.23. The van der Waals surface area contributed by atoms with Crippen LogP contribution < -0.4 is 0 Å². The first-order chi connectivity index (χ1) is 14.5. The van der Waals surface area contributed by atoms with E-state index in [2.05, 4.69) is 4.98 Å². The van der Waals surface area contributed by atoms with Gasteiger partial charge in [-0.3, -0.25) is 24.1 Å². The molecule has 2 saturated heterocycles. The predicted molar refractivity (Wildman–Crippen MR) is 110 cm³/mol. The largest absolute Gasteiger partial charge is 0.339 e. The average molecular weight is 426 g/mol. The molecule has 3 heterocycles. The number of carbonyl (C=O) groups is 4. The number of likely N-dealkylation sites (tertiary alicyclic amines) is 1. The Bertz CT molecular complexity index is 950. The topological polar surface area (TPSA) is 90.9 Å². The van der Waals surface area contributed by atoms with Crippen molar-refractivity contribution in [3.8, 4) is 10.6 Å². The SMILES string of the molecule is O=C(Cc1csc(-c2ccccc2)n1)N1CCN(C(=O)CN2C(=O)CCC2=O)CC1. The number of amides is 4. The molecule has 2 aliphatic heterocycles. The smallest absolute Gasteiger partial charge is 0.242 e. The van der Waals surface area contributed by atoms with Crippen LogP contribution in [0, 0.1) is 0 Å². The molecule has 2 aliphatic rings. The molecule has 2 fully saturated rings. The van der Waals surface area contributed by atoms with E-state index < -0.39 is 0 Å². The van der Waals surface area contributed by atoms with Crippen molar-refractivity contribution < 1.29 is 19.2 Å². The molecule has 0 saturated carbocycles. The van der Waals surface area contributed by atoms with Crippen molar-refractivity contribution in [1.29, 1.82) is 0 Å². The van der Waals surface area contributed by atoms with Crippen LogP contribution >= 0.6 is 11.3 Å². The number of nitrogens with zero attached hydrogens (tertiary/aromatic N) is 4. The maximum Gasteiger partial charge on any atom is 0.242 e. The van der Waals surface area contributed by atoms with Crippen molar-refractivity contribution in [3.05, 3.63) is 41.4 Å². The van der Waals surface area contributed by atoms with Gasteiger partial charge in [-0.25, -0.2) is 4.98 Å². The molecule has 0 bridgehead atoms. The minimum Gasteiger partial charge on any atom is -0.339 e. The summed E-state index contributed by atoms with van der Waals surface area (Å²) in [6, 6.07) is 9.84. The molecule has 0 aliphatic carbocycles. The van der Waals surface area contributed by atoms with Crippen molar-refractivity contribution >= 4 is 35.0 Å². The minimum atomic E-state index is -0.291. The van der Waals surface area contributed by atoms with Crippen LogP contribution in [0.2, 0.25) is 0 Å². The summed E-state index contributed by atoms with van der Waals surface area (Å²) in [5.41, 5.74) is 1.77. The Morgan fingerprint density at radius 1 is 0.900 bits per heavy atom. The third kappa shape index (κ3) is 4.40. The summed E-state index contributed by atoms with van der Waals surface area (Å²) in [7, 11) is 0. The maximum absolute atomic E-state index is 12.6. The molecule has 9 heteroatoms. The van der Waals surface area contributed by atoms with Gasteiger partial charge in [-0.15, -0.1) is 11.3 Å². The van der Waals surface area contributed by atoms with Crippen LogP contribution in [-0.4, -0.2) is 76.0 Å². The summed E-state index contributed by atoms with van der Waals surface area (Å²) in [6.07, 6.45) is 0.585. The van der Waals surface area contributed by atoms with E-state index in [1.807, 2.05) is 35.7 Å². The van der Waals surface area contributed by atoms with Gasteiger partial charge in [0.15, 0.2) is 0 Å². The average Bonchev–Trinajstić information content (AvgIpc) is 3.36. The second-order valence-corrected chi connectivity index (χ2v) is 8.18. The van der Waals surface area contributed by atoms with Gasteiger partial charge in [0.05, 0.1) is 12.1 Å². The van der Waals surface area contributed by atoms with E-state index >= 15 is 0 Å². The number of hydrogen-bond donors (Lipinski definition) is 0. The summed E-state index contributed by atoms with van der Waals surface area (Å²) in [5, 5.41) is 2.80. The Hall–Kier alpha value is -3.07. The summed E-state index contributed by atoms with van der Waals surface area (Å²) in [4.78, 5) is 57.4. The number of carbonyl (C=O) groups excluding carboxylic acids is 4. The van der Waals surface area contributed by atoms with Crippen molar-refractivity contribution in [1.82, 2.24) is 19.7 Å². The summed E-state index contributed by atoms with van der Waals surface area (Å²) >= 11 is 1.52. The number of rotatable bonds is 5. The highest BCUT2D eigenvalue weighted by Gasteiger charge is 2.33. The molecular formula is C21H22N4O4S. The van der Waals surface area contributed by atoms with Crippen molar-refractivity contribution in [2.45, 2.75) is 19.3 Å². The van der Waals surface area contributed by atoms with Crippen molar-refractivity contribution in [3.63, 3.8) is 0 Å². The third-order valence-corrected chi connectivity index (χ3v) is 6.28. The minimum absolute atomic E-state index is 0.0168. The van der Waals surface area contributed by atoms with Crippen molar-refractivity contribution in [2.75, 3.05) is 32.7 Å². The van der Waals surface area contributed by atoms with E-state index in [1.54, 1.807) is 9.80 Å². The van der Waals surface area contributed by atoms with Gasteiger partial charge in [0.1, 0.15) is 11.6 Å². The molecule has 0 spiro atoms. The zero-order valence-electron chi connectivity index (χ0n) is 16.5. The first kappa shape index (κ1) is 20.2. The molecule has 0 unspecified atom stereocenters. The lowest BCUT2D eigenvalue weighted by Gasteiger charge is -2.35. The van der Waals surface area contributed by atoms with Gasteiger partial charge in [-0.05, 0) is 0 Å². The van der Waals surface area contributed by atoms with Crippen LogP contribution in [0.15, 0.2) is 35.7 Å². The zero-order valence-corrected chi connectivity index (χ0v) is 17.3. The van der Waals surface area contributed by atoms with Gasteiger partial charge in [-0.1, -0.05) is 30.3 Å². The van der Waals surface area contributed by atoms with Crippen LogP contribution in [0.4, 0.5) is 0 Å². The summed E-state index contributed by atoms with van der Waals surface area (Å²) < 4.78 is 0. The summed E-state index contributed by atoms with van der Waals surface area (Å²) in [5.74, 6) is -0.852. The molecule has 1 aromatic carbocycles. The first-order valence-electron chi connectivity index (χ1n) is 9.90. The fourth-order valence-corrected chi connectivity index (χ4v) is 4.43. The van der Waals surface area contributed by atoms with Crippen molar-refractivity contribution in [2.24, 2.45) is 0 Å². The monoisotopic (exact) mass is 426 g/mol. The lowest BCUT2D eigenvalue weighted by Crippen LogP contribution is -2.53. The molecule has 4 rings (SSSR count). The second-order valence-electron chi connectivity index (χ2n) is 7.32. The molecule has 1 aromatic heterocycles. The quantitative estimate of drug-likeness (QED) is 0.670. The number of piperazine rings is 1. The molecule has 0 N–H and O–H groups in total. The lowest BCUT2D eigenvalue weighted by atomic mass is 10.2. The van der Waals surface area contributed by atoms with Crippen LogP contribution in [0.5, 0.6) is 0 Å². The first-order valence-corrected chi connectivity index (χ1v) is 10.8. The number of thiazole rings is 1. The fourth-order valence-electron chi connectivity index (χ4n) is 3.61. The second kappa shape index (κ2) is 8.74. The Kier molecular flexibility index (Phi) is 5.89. The number of benzene rings is 1. The summed E-state index contributed by atoms with van der Waals surface area (Å²) in [6.45, 7) is 1.46. The molecule has 4 amide bonds. The number of aromatic nitrogens is 1. The number of hydrogen-bond acceptors (Lipinski definition) is 6. The van der Waals surface area contributed by atoms with E-state index in [0.29, 0.717) is 26.2 Å². The third-order valence-electron chi connectivity index (χ3n) is 5.34. The molecule has 8 nitrogen and oxygen atoms in total. The normalized spacial score (nSPS) is 17.0. The Labute approximate surface area is 178 Å². The van der Waals surface area contributed by atoms with E-state index in [1.165, 1.54) is 11.3 Å². The van der Waals surface area contributed by atoms with Crippen LogP contribution in [-0.2, 0) is 25.6 Å². The van der Waals surface area contributed by atoms with Gasteiger partial charge < -0.3 is 9.80 Å². The lowest BCUT2D eigenvalue weighted by molar-refractivity contribution is -0.147. The predicted octanol–water partition coefficient (Wildman–Crippen LogP) is 1.17.